The molecule has 0 fully saturated rings. The van der Waals surface area contributed by atoms with Crippen LogP contribution in [-0.4, -0.2) is 46.1 Å². The number of carbonyl (C=O) groups is 1. The number of amides is 1. The van der Waals surface area contributed by atoms with Gasteiger partial charge in [-0.25, -0.2) is 0 Å². The highest BCUT2D eigenvalue weighted by Gasteiger charge is 2.26. The molecule has 1 amide bonds. The first-order valence-electron chi connectivity index (χ1n) is 26.1. The van der Waals surface area contributed by atoms with Gasteiger partial charge in [0.2, 0.25) is 5.91 Å². The number of aliphatic hydroxyl groups is 3. The first kappa shape index (κ1) is 56.8. The van der Waals surface area contributed by atoms with Crippen LogP contribution in [0.2, 0.25) is 0 Å². The topological polar surface area (TPSA) is 89.8 Å². The van der Waals surface area contributed by atoms with Crippen molar-refractivity contribution in [1.29, 1.82) is 0 Å². The average molecular weight is 818 g/mol. The second-order valence-electron chi connectivity index (χ2n) is 18.1. The summed E-state index contributed by atoms with van der Waals surface area (Å²) in [6.45, 7) is 4.19. The Balaban J connectivity index is 3.59. The molecule has 0 aromatic rings. The number of aliphatic hydroxyl groups excluding tert-OH is 3. The number of hydrogen-bond acceptors (Lipinski definition) is 4. The van der Waals surface area contributed by atoms with E-state index in [1.807, 2.05) is 0 Å². The predicted octanol–water partition coefficient (Wildman–Crippen LogP) is 15.7. The molecule has 0 aromatic carbocycles. The summed E-state index contributed by atoms with van der Waals surface area (Å²) in [5.74, 6) is -0.155. The second-order valence-corrected chi connectivity index (χ2v) is 18.1. The molecular weight excluding hydrogens is 715 g/mol. The molecule has 5 nitrogen and oxygen atoms in total. The normalized spacial score (nSPS) is 13.5. The molecule has 0 bridgehead atoms. The van der Waals surface area contributed by atoms with Gasteiger partial charge in [-0.15, -0.1) is 0 Å². The summed E-state index contributed by atoms with van der Waals surface area (Å²) < 4.78 is 0. The van der Waals surface area contributed by atoms with Crippen LogP contribution in [0.3, 0.4) is 0 Å². The fourth-order valence-electron chi connectivity index (χ4n) is 8.22. The molecule has 0 spiro atoms. The van der Waals surface area contributed by atoms with Gasteiger partial charge >= 0.3 is 0 Å². The van der Waals surface area contributed by atoms with E-state index in [1.54, 1.807) is 0 Å². The van der Waals surface area contributed by atoms with E-state index in [-0.39, 0.29) is 12.5 Å². The molecule has 344 valence electrons. The second kappa shape index (κ2) is 48.5. The third kappa shape index (κ3) is 42.9. The maximum absolute atomic E-state index is 12.5. The highest BCUT2D eigenvalue weighted by Crippen LogP contribution is 2.17. The lowest BCUT2D eigenvalue weighted by atomic mass is 10.0. The molecule has 0 saturated heterocycles. The molecule has 0 aliphatic rings. The number of carbonyl (C=O) groups excluding carboxylic acids is 1. The largest absolute Gasteiger partial charge is 0.394 e. The first-order chi connectivity index (χ1) is 28.6. The maximum atomic E-state index is 12.5. The molecule has 3 unspecified atom stereocenters. The Morgan fingerprint density at radius 1 is 0.414 bits per heavy atom. The lowest BCUT2D eigenvalue weighted by Crippen LogP contribution is -2.50. The molecule has 0 saturated carbocycles. The molecule has 4 N–H and O–H groups in total. The van der Waals surface area contributed by atoms with Gasteiger partial charge in [-0.1, -0.05) is 237 Å². The van der Waals surface area contributed by atoms with Gasteiger partial charge in [-0.05, 0) is 64.2 Å². The van der Waals surface area contributed by atoms with Gasteiger partial charge in [-0.2, -0.15) is 0 Å². The monoisotopic (exact) mass is 818 g/mol. The number of hydrogen-bond donors (Lipinski definition) is 4. The lowest BCUT2D eigenvalue weighted by Gasteiger charge is -2.26. The molecular formula is C53H103NO4. The van der Waals surface area contributed by atoms with Crippen molar-refractivity contribution in [3.63, 3.8) is 0 Å². The fraction of sp³-hybridized carbons (Fsp3) is 0.906. The van der Waals surface area contributed by atoms with E-state index in [0.717, 1.165) is 38.5 Å². The van der Waals surface area contributed by atoms with Gasteiger partial charge in [0.1, 0.15) is 6.10 Å². The van der Waals surface area contributed by atoms with Crippen molar-refractivity contribution in [3.8, 4) is 0 Å². The maximum Gasteiger partial charge on any atom is 0.220 e. The molecule has 0 rings (SSSR count). The Morgan fingerprint density at radius 3 is 1.00 bits per heavy atom. The highest BCUT2D eigenvalue weighted by molar-refractivity contribution is 5.76. The van der Waals surface area contributed by atoms with Crippen molar-refractivity contribution >= 4 is 5.91 Å². The van der Waals surface area contributed by atoms with Gasteiger partial charge in [0.05, 0.1) is 18.8 Å². The van der Waals surface area contributed by atoms with Crippen molar-refractivity contribution in [1.82, 2.24) is 5.32 Å². The number of rotatable bonds is 48. The van der Waals surface area contributed by atoms with E-state index in [2.05, 4.69) is 43.5 Å². The number of unbranched alkanes of at least 4 members (excludes halogenated alkanes) is 36. The van der Waals surface area contributed by atoms with Crippen molar-refractivity contribution in [2.24, 2.45) is 0 Å². The molecule has 0 heterocycles. The molecule has 0 aromatic heterocycles. The van der Waals surface area contributed by atoms with E-state index in [0.29, 0.717) is 12.8 Å². The van der Waals surface area contributed by atoms with Crippen LogP contribution in [0.25, 0.3) is 0 Å². The summed E-state index contributed by atoms with van der Waals surface area (Å²) in [7, 11) is 0. The Kier molecular flexibility index (Phi) is 47.5. The summed E-state index contributed by atoms with van der Waals surface area (Å²) in [5.41, 5.74) is 0. The summed E-state index contributed by atoms with van der Waals surface area (Å²) in [4.78, 5) is 12.5. The van der Waals surface area contributed by atoms with Gasteiger partial charge < -0.3 is 20.6 Å². The van der Waals surface area contributed by atoms with Crippen molar-refractivity contribution in [2.45, 2.75) is 302 Å². The minimum atomic E-state index is -1.16. The van der Waals surface area contributed by atoms with Crippen LogP contribution in [0, 0.1) is 0 Å². The molecule has 3 atom stereocenters. The average Bonchev–Trinajstić information content (AvgIpc) is 3.23. The van der Waals surface area contributed by atoms with Crippen LogP contribution in [0.15, 0.2) is 24.3 Å². The minimum absolute atomic E-state index is 0.155. The number of allylic oxidation sites excluding steroid dienone is 4. The first-order valence-corrected chi connectivity index (χ1v) is 26.1. The fourth-order valence-corrected chi connectivity index (χ4v) is 8.22. The quantitative estimate of drug-likeness (QED) is 0.0364. The molecule has 58 heavy (non-hydrogen) atoms. The predicted molar refractivity (Wildman–Crippen MR) is 255 cm³/mol. The highest BCUT2D eigenvalue weighted by atomic mass is 16.3. The zero-order chi connectivity index (χ0) is 42.3. The zero-order valence-corrected chi connectivity index (χ0v) is 39.2. The Hall–Kier alpha value is -1.17. The van der Waals surface area contributed by atoms with Gasteiger partial charge in [0, 0.05) is 6.42 Å². The summed E-state index contributed by atoms with van der Waals surface area (Å²) in [5, 5.41) is 33.7. The van der Waals surface area contributed by atoms with E-state index in [1.165, 1.54) is 218 Å². The van der Waals surface area contributed by atoms with Crippen LogP contribution in [-0.2, 0) is 4.79 Å². The van der Waals surface area contributed by atoms with E-state index in [4.69, 9.17) is 0 Å². The van der Waals surface area contributed by atoms with E-state index >= 15 is 0 Å². The minimum Gasteiger partial charge on any atom is -0.394 e. The Morgan fingerprint density at radius 2 is 0.690 bits per heavy atom. The van der Waals surface area contributed by atoms with E-state index in [9.17, 15) is 20.1 Å². The molecule has 0 radical (unpaired) electrons. The van der Waals surface area contributed by atoms with Gasteiger partial charge in [0.25, 0.3) is 0 Å². The molecule has 0 aliphatic heterocycles. The smallest absolute Gasteiger partial charge is 0.220 e. The third-order valence-corrected chi connectivity index (χ3v) is 12.3. The zero-order valence-electron chi connectivity index (χ0n) is 39.2. The van der Waals surface area contributed by atoms with Crippen molar-refractivity contribution in [3.05, 3.63) is 24.3 Å². The van der Waals surface area contributed by atoms with Crippen molar-refractivity contribution in [2.75, 3.05) is 6.61 Å². The Labute approximate surface area is 362 Å². The summed E-state index contributed by atoms with van der Waals surface area (Å²) >= 11 is 0. The summed E-state index contributed by atoms with van der Waals surface area (Å²) in [6.07, 6.45) is 60.3. The van der Waals surface area contributed by atoms with Crippen LogP contribution < -0.4 is 5.32 Å². The lowest BCUT2D eigenvalue weighted by molar-refractivity contribution is -0.124. The van der Waals surface area contributed by atoms with Gasteiger partial charge in [-0.3, -0.25) is 4.79 Å². The molecule has 0 aliphatic carbocycles. The standard InChI is InChI=1S/C53H103NO4/c1-3-5-7-9-11-13-15-17-19-21-23-25-26-27-28-29-31-33-35-37-39-41-43-45-47-51(56)53(58)50(49-55)54-52(57)48-46-44-42-40-38-36-34-32-30-24-22-20-18-16-14-12-10-8-6-4-2/h24,30,39,41,50-51,53,55-56,58H,3-23,25-29,31-38,40,42-49H2,1-2H3,(H,54,57)/b30-24-,41-39+. The van der Waals surface area contributed by atoms with Crippen molar-refractivity contribution < 1.29 is 20.1 Å². The summed E-state index contributed by atoms with van der Waals surface area (Å²) in [6, 6.07) is -0.827. The van der Waals surface area contributed by atoms with E-state index < -0.39 is 18.2 Å². The number of nitrogens with one attached hydrogen (secondary N) is 1. The Bertz CT molecular complexity index is 859. The van der Waals surface area contributed by atoms with Crippen LogP contribution in [0.4, 0.5) is 0 Å². The SMILES string of the molecule is CCCCCCCCCCC/C=C\CCCCCCCCCC(=O)NC(CO)C(O)C(O)CCC/C=C/CCCCCCCCCCCCCCCCCCCCC. The van der Waals surface area contributed by atoms with Crippen LogP contribution in [0.1, 0.15) is 284 Å². The van der Waals surface area contributed by atoms with Crippen LogP contribution in [0.5, 0.6) is 0 Å². The van der Waals surface area contributed by atoms with Crippen LogP contribution >= 0.6 is 0 Å². The third-order valence-electron chi connectivity index (χ3n) is 12.3. The molecule has 5 heteroatoms. The van der Waals surface area contributed by atoms with Gasteiger partial charge in [0.15, 0.2) is 0 Å².